The van der Waals surface area contributed by atoms with Gasteiger partial charge in [0, 0.05) is 6.26 Å². The molecule has 1 heterocycles. The number of H-pyrrole nitrogens is 1. The van der Waals surface area contributed by atoms with Crippen molar-refractivity contribution in [1.29, 1.82) is 0 Å². The van der Waals surface area contributed by atoms with Gasteiger partial charge in [-0.2, -0.15) is 5.21 Å². The summed E-state index contributed by atoms with van der Waals surface area (Å²) in [6, 6.07) is 3.99. The molecule has 0 unspecified atom stereocenters. The van der Waals surface area contributed by atoms with Gasteiger partial charge in [-0.05, 0) is 23.4 Å². The summed E-state index contributed by atoms with van der Waals surface area (Å²) in [5.41, 5.74) is 0.152. The molecule has 2 rings (SSSR count). The highest BCUT2D eigenvalue weighted by Gasteiger charge is 2.15. The first-order chi connectivity index (χ1) is 8.88. The van der Waals surface area contributed by atoms with E-state index in [9.17, 15) is 13.2 Å². The quantitative estimate of drug-likeness (QED) is 0.852. The molecule has 0 saturated heterocycles. The van der Waals surface area contributed by atoms with Gasteiger partial charge in [0.1, 0.15) is 0 Å². The van der Waals surface area contributed by atoms with Crippen LogP contribution in [0.3, 0.4) is 0 Å². The Balaban J connectivity index is 2.32. The number of carbonyl (C=O) groups is 1. The van der Waals surface area contributed by atoms with E-state index in [1.54, 1.807) is 0 Å². The number of aromatic nitrogens is 4. The summed E-state index contributed by atoms with van der Waals surface area (Å²) in [6.07, 6.45) is 1.06. The fourth-order valence-electron chi connectivity index (χ4n) is 1.27. The second-order valence-electron chi connectivity index (χ2n) is 3.60. The van der Waals surface area contributed by atoms with Crippen LogP contribution in [0, 0.1) is 0 Å². The fourth-order valence-corrected chi connectivity index (χ4v) is 2.08. The van der Waals surface area contributed by atoms with Crippen molar-refractivity contribution in [2.24, 2.45) is 0 Å². The normalized spacial score (nSPS) is 11.3. The number of amides is 1. The molecular weight excluding hydrogens is 294 g/mol. The van der Waals surface area contributed by atoms with E-state index in [1.165, 1.54) is 18.2 Å². The van der Waals surface area contributed by atoms with Gasteiger partial charge in [-0.3, -0.25) is 4.79 Å². The molecule has 100 valence electrons. The second kappa shape index (κ2) is 4.94. The first kappa shape index (κ1) is 13.4. The van der Waals surface area contributed by atoms with Crippen molar-refractivity contribution in [3.8, 4) is 0 Å². The van der Waals surface area contributed by atoms with E-state index >= 15 is 0 Å². The largest absolute Gasteiger partial charge is 0.318 e. The van der Waals surface area contributed by atoms with Crippen molar-refractivity contribution >= 4 is 33.0 Å². The Morgan fingerprint density at radius 1 is 1.42 bits per heavy atom. The Hall–Kier alpha value is -2.00. The second-order valence-corrected chi connectivity index (χ2v) is 6.03. The lowest BCUT2D eigenvalue weighted by molar-refractivity contribution is 0.101. The highest BCUT2D eigenvalue weighted by atomic mass is 35.5. The van der Waals surface area contributed by atoms with E-state index in [0.717, 1.165) is 6.26 Å². The molecule has 0 radical (unpaired) electrons. The van der Waals surface area contributed by atoms with Gasteiger partial charge < -0.3 is 5.32 Å². The molecule has 0 bridgehead atoms. The van der Waals surface area contributed by atoms with Crippen LogP contribution in [-0.4, -0.2) is 41.2 Å². The molecule has 1 aromatic carbocycles. The number of anilines is 1. The van der Waals surface area contributed by atoms with E-state index in [2.05, 4.69) is 25.9 Å². The summed E-state index contributed by atoms with van der Waals surface area (Å²) in [6.45, 7) is 0. The van der Waals surface area contributed by atoms with Crippen LogP contribution < -0.4 is 5.32 Å². The highest BCUT2D eigenvalue weighted by Crippen LogP contribution is 2.25. The zero-order valence-electron chi connectivity index (χ0n) is 9.58. The number of aromatic amines is 1. The number of hydrogen-bond acceptors (Lipinski definition) is 6. The summed E-state index contributed by atoms with van der Waals surface area (Å²) in [5, 5.41) is 15.0. The van der Waals surface area contributed by atoms with Crippen LogP contribution in [0.15, 0.2) is 23.1 Å². The highest BCUT2D eigenvalue weighted by molar-refractivity contribution is 7.90. The third-order valence-corrected chi connectivity index (χ3v) is 3.60. The van der Waals surface area contributed by atoms with Crippen LogP contribution in [0.2, 0.25) is 5.02 Å². The molecule has 0 spiro atoms. The van der Waals surface area contributed by atoms with Crippen LogP contribution >= 0.6 is 11.6 Å². The third-order valence-electron chi connectivity index (χ3n) is 2.16. The predicted octanol–water partition coefficient (Wildman–Crippen LogP) is 0.509. The first-order valence-electron chi connectivity index (χ1n) is 4.92. The Bertz CT molecular complexity index is 713. The van der Waals surface area contributed by atoms with Crippen LogP contribution in [0.4, 0.5) is 5.69 Å². The smallest absolute Gasteiger partial charge is 0.297 e. The maximum Gasteiger partial charge on any atom is 0.297 e. The molecular formula is C9H8ClN5O3S. The molecule has 19 heavy (non-hydrogen) atoms. The lowest BCUT2D eigenvalue weighted by atomic mass is 10.3. The summed E-state index contributed by atoms with van der Waals surface area (Å²) in [7, 11) is -3.39. The SMILES string of the molecule is CS(=O)(=O)c1ccc(Cl)c(NC(=O)c2nn[nH]n2)c1. The van der Waals surface area contributed by atoms with Crippen molar-refractivity contribution in [3.63, 3.8) is 0 Å². The van der Waals surface area contributed by atoms with E-state index in [-0.39, 0.29) is 21.4 Å². The number of benzene rings is 1. The molecule has 0 aliphatic carbocycles. The number of sulfone groups is 1. The number of carbonyl (C=O) groups excluding carboxylic acids is 1. The van der Waals surface area contributed by atoms with Gasteiger partial charge in [0.2, 0.25) is 0 Å². The van der Waals surface area contributed by atoms with Crippen LogP contribution in [0.5, 0.6) is 0 Å². The number of hydrogen-bond donors (Lipinski definition) is 2. The minimum atomic E-state index is -3.39. The van der Waals surface area contributed by atoms with Gasteiger partial charge in [0.05, 0.1) is 15.6 Å². The van der Waals surface area contributed by atoms with Crippen LogP contribution in [0.1, 0.15) is 10.6 Å². The van der Waals surface area contributed by atoms with Crippen molar-refractivity contribution < 1.29 is 13.2 Å². The average molecular weight is 302 g/mol. The van der Waals surface area contributed by atoms with Crippen molar-refractivity contribution in [3.05, 3.63) is 29.0 Å². The van der Waals surface area contributed by atoms with E-state index in [4.69, 9.17) is 11.6 Å². The molecule has 1 amide bonds. The Labute approximate surface area is 113 Å². The van der Waals surface area contributed by atoms with Crippen LogP contribution in [0.25, 0.3) is 0 Å². The zero-order valence-corrected chi connectivity index (χ0v) is 11.2. The van der Waals surface area contributed by atoms with E-state index in [0.29, 0.717) is 0 Å². The standard InChI is InChI=1S/C9H8ClN5O3S/c1-19(17,18)5-2-3-6(10)7(4-5)11-9(16)8-12-14-15-13-8/h2-4H,1H3,(H,11,16)(H,12,13,14,15). The topological polar surface area (TPSA) is 118 Å². The molecule has 1 aromatic heterocycles. The number of tetrazole rings is 1. The third kappa shape index (κ3) is 3.06. The lowest BCUT2D eigenvalue weighted by Crippen LogP contribution is -2.14. The Morgan fingerprint density at radius 2 is 2.16 bits per heavy atom. The summed E-state index contributed by atoms with van der Waals surface area (Å²) in [5.74, 6) is -0.831. The summed E-state index contributed by atoms with van der Waals surface area (Å²) >= 11 is 5.88. The van der Waals surface area contributed by atoms with Gasteiger partial charge >= 0.3 is 0 Å². The zero-order chi connectivity index (χ0) is 14.0. The molecule has 0 atom stereocenters. The Kier molecular flexibility index (Phi) is 3.49. The molecule has 0 aliphatic heterocycles. The molecule has 0 saturated carbocycles. The van der Waals surface area contributed by atoms with E-state index < -0.39 is 15.7 Å². The summed E-state index contributed by atoms with van der Waals surface area (Å²) in [4.78, 5) is 11.7. The maximum absolute atomic E-state index is 11.7. The van der Waals surface area contributed by atoms with E-state index in [1.807, 2.05) is 0 Å². The maximum atomic E-state index is 11.7. The minimum Gasteiger partial charge on any atom is -0.318 e. The number of rotatable bonds is 3. The Morgan fingerprint density at radius 3 is 2.74 bits per heavy atom. The molecule has 8 nitrogen and oxygen atoms in total. The fraction of sp³-hybridized carbons (Fsp3) is 0.111. The van der Waals surface area contributed by atoms with Gasteiger partial charge in [-0.15, -0.1) is 10.2 Å². The monoisotopic (exact) mass is 301 g/mol. The number of halogens is 1. The number of nitrogens with zero attached hydrogens (tertiary/aromatic N) is 3. The molecule has 2 aromatic rings. The molecule has 0 fully saturated rings. The lowest BCUT2D eigenvalue weighted by Gasteiger charge is -2.07. The van der Waals surface area contributed by atoms with Crippen LogP contribution in [-0.2, 0) is 9.84 Å². The first-order valence-corrected chi connectivity index (χ1v) is 7.19. The average Bonchev–Trinajstić information content (AvgIpc) is 2.84. The van der Waals surface area contributed by atoms with Crippen molar-refractivity contribution in [2.75, 3.05) is 11.6 Å². The molecule has 0 aliphatic rings. The predicted molar refractivity (Wildman–Crippen MR) is 66.7 cm³/mol. The van der Waals surface area contributed by atoms with Gasteiger partial charge in [0.15, 0.2) is 9.84 Å². The molecule has 10 heteroatoms. The van der Waals surface area contributed by atoms with Crippen molar-refractivity contribution in [1.82, 2.24) is 20.6 Å². The van der Waals surface area contributed by atoms with Gasteiger partial charge in [-0.25, -0.2) is 8.42 Å². The summed E-state index contributed by atoms with van der Waals surface area (Å²) < 4.78 is 22.8. The molecule has 2 N–H and O–H groups in total. The van der Waals surface area contributed by atoms with Gasteiger partial charge in [-0.1, -0.05) is 11.6 Å². The van der Waals surface area contributed by atoms with Crippen molar-refractivity contribution in [2.45, 2.75) is 4.90 Å². The number of nitrogens with one attached hydrogen (secondary N) is 2. The van der Waals surface area contributed by atoms with Gasteiger partial charge in [0.25, 0.3) is 11.7 Å². The minimum absolute atomic E-state index is 0.0420.